The highest BCUT2D eigenvalue weighted by Gasteiger charge is 2.28. The van der Waals surface area contributed by atoms with Crippen molar-refractivity contribution >= 4 is 27.5 Å². The van der Waals surface area contributed by atoms with E-state index in [9.17, 15) is 13.2 Å². The summed E-state index contributed by atoms with van der Waals surface area (Å²) in [5.74, 6) is -0.134. The van der Waals surface area contributed by atoms with Crippen molar-refractivity contribution in [2.75, 3.05) is 5.32 Å². The van der Waals surface area contributed by atoms with E-state index in [1.54, 1.807) is 56.3 Å². The van der Waals surface area contributed by atoms with Crippen molar-refractivity contribution in [3.63, 3.8) is 0 Å². The molecule has 0 unspecified atom stereocenters. The lowest BCUT2D eigenvalue weighted by atomic mass is 10.1. The molecule has 1 aliphatic heterocycles. The Hall–Kier alpha value is -2.67. The van der Waals surface area contributed by atoms with Crippen LogP contribution < -0.4 is 5.32 Å². The Balaban J connectivity index is 1.82. The second-order valence-corrected chi connectivity index (χ2v) is 7.14. The highest BCUT2D eigenvalue weighted by Crippen LogP contribution is 2.26. The van der Waals surface area contributed by atoms with Crippen molar-refractivity contribution in [2.45, 2.75) is 24.8 Å². The Morgan fingerprint density at radius 3 is 2.42 bits per heavy atom. The molecule has 0 aliphatic carbocycles. The lowest BCUT2D eigenvalue weighted by molar-refractivity contribution is 0.0378. The first-order valence-corrected chi connectivity index (χ1v) is 8.83. The summed E-state index contributed by atoms with van der Waals surface area (Å²) in [5.41, 5.74) is 1.58. The Labute approximate surface area is 140 Å². The molecule has 0 fully saturated rings. The fraction of sp³-hybridized carbons (Fsp3) is 0.176. The van der Waals surface area contributed by atoms with Crippen LogP contribution in [0.5, 0.6) is 0 Å². The van der Waals surface area contributed by atoms with E-state index in [4.69, 9.17) is 4.74 Å². The van der Waals surface area contributed by atoms with Crippen molar-refractivity contribution in [2.24, 2.45) is 4.40 Å². The number of esters is 1. The van der Waals surface area contributed by atoms with E-state index in [1.807, 2.05) is 0 Å². The molecular formula is C17H16N2O4S. The Morgan fingerprint density at radius 2 is 1.75 bits per heavy atom. The molecule has 1 aliphatic rings. The van der Waals surface area contributed by atoms with Crippen LogP contribution >= 0.6 is 0 Å². The summed E-state index contributed by atoms with van der Waals surface area (Å²) in [6, 6.07) is 13.2. The predicted octanol–water partition coefficient (Wildman–Crippen LogP) is 2.81. The lowest BCUT2D eigenvalue weighted by Crippen LogP contribution is -2.13. The fourth-order valence-corrected chi connectivity index (χ4v) is 3.48. The number of rotatable bonds is 3. The molecule has 1 N–H and O–H groups in total. The van der Waals surface area contributed by atoms with Gasteiger partial charge in [0.25, 0.3) is 10.0 Å². The van der Waals surface area contributed by atoms with Crippen molar-refractivity contribution in [1.29, 1.82) is 0 Å². The second kappa shape index (κ2) is 6.09. The molecule has 3 rings (SSSR count). The normalized spacial score (nSPS) is 14.9. The van der Waals surface area contributed by atoms with Crippen molar-refractivity contribution in [3.05, 3.63) is 59.7 Å². The zero-order chi connectivity index (χ0) is 17.3. The van der Waals surface area contributed by atoms with Gasteiger partial charge in [0.15, 0.2) is 5.84 Å². The van der Waals surface area contributed by atoms with Gasteiger partial charge in [0.1, 0.15) is 4.90 Å². The molecule has 0 atom stereocenters. The number of hydrogen-bond donors (Lipinski definition) is 1. The number of nitrogens with zero attached hydrogens (tertiary/aromatic N) is 1. The van der Waals surface area contributed by atoms with Gasteiger partial charge in [-0.25, -0.2) is 4.79 Å². The van der Waals surface area contributed by atoms with Crippen molar-refractivity contribution in [3.8, 4) is 0 Å². The summed E-state index contributed by atoms with van der Waals surface area (Å²) < 4.78 is 32.9. The third-order valence-corrected chi connectivity index (χ3v) is 4.69. The molecule has 0 saturated carbocycles. The minimum atomic E-state index is -3.66. The van der Waals surface area contributed by atoms with Gasteiger partial charge in [-0.2, -0.15) is 8.42 Å². The summed E-state index contributed by atoms with van der Waals surface area (Å²) in [5, 5.41) is 2.98. The number of hydrogen-bond acceptors (Lipinski definition) is 5. The van der Waals surface area contributed by atoms with E-state index in [1.165, 1.54) is 6.07 Å². The summed E-state index contributed by atoms with van der Waals surface area (Å²) in [4.78, 5) is 12.0. The summed E-state index contributed by atoms with van der Waals surface area (Å²) >= 11 is 0. The third-order valence-electron chi connectivity index (χ3n) is 3.36. The topological polar surface area (TPSA) is 84.8 Å². The zero-order valence-electron chi connectivity index (χ0n) is 13.2. The van der Waals surface area contributed by atoms with E-state index < -0.39 is 16.0 Å². The number of ether oxygens (including phenoxy) is 1. The average molecular weight is 344 g/mol. The van der Waals surface area contributed by atoms with Crippen molar-refractivity contribution < 1.29 is 17.9 Å². The minimum absolute atomic E-state index is 0.185. The fourth-order valence-electron chi connectivity index (χ4n) is 2.30. The molecule has 0 bridgehead atoms. The van der Waals surface area contributed by atoms with Crippen LogP contribution in [0.2, 0.25) is 0 Å². The average Bonchev–Trinajstić information content (AvgIpc) is 2.79. The number of sulfonamides is 1. The SMILES string of the molecule is CC(C)OC(=O)c1ccc(NC2=NS(=O)(=O)c3ccccc32)cc1. The number of nitrogens with one attached hydrogen (secondary N) is 1. The molecule has 0 saturated heterocycles. The number of anilines is 1. The Morgan fingerprint density at radius 1 is 1.08 bits per heavy atom. The van der Waals surface area contributed by atoms with Crippen LogP contribution in [0.4, 0.5) is 5.69 Å². The standard InChI is InChI=1S/C17H16N2O4S/c1-11(2)23-17(20)12-7-9-13(10-8-12)18-16-14-5-3-4-6-15(14)24(21,22)19-16/h3-11H,1-2H3,(H,18,19). The molecule has 24 heavy (non-hydrogen) atoms. The lowest BCUT2D eigenvalue weighted by Gasteiger charge is -2.09. The van der Waals surface area contributed by atoms with Crippen LogP contribution in [0.15, 0.2) is 57.8 Å². The maximum absolute atomic E-state index is 12.0. The van der Waals surface area contributed by atoms with Crippen LogP contribution in [0, 0.1) is 0 Å². The number of fused-ring (bicyclic) bond motifs is 1. The Bertz CT molecular complexity index is 916. The van der Waals surface area contributed by atoms with Crippen LogP contribution in [-0.4, -0.2) is 26.3 Å². The predicted molar refractivity (Wildman–Crippen MR) is 90.8 cm³/mol. The van der Waals surface area contributed by atoms with E-state index in [0.717, 1.165) is 0 Å². The van der Waals surface area contributed by atoms with Gasteiger partial charge in [-0.3, -0.25) is 0 Å². The monoisotopic (exact) mass is 344 g/mol. The van der Waals surface area contributed by atoms with Crippen LogP contribution in [0.1, 0.15) is 29.8 Å². The summed E-state index contributed by atoms with van der Waals surface area (Å²) in [7, 11) is -3.66. The van der Waals surface area contributed by atoms with Gasteiger partial charge in [-0.1, -0.05) is 12.1 Å². The van der Waals surface area contributed by atoms with Gasteiger partial charge in [0.2, 0.25) is 0 Å². The highest BCUT2D eigenvalue weighted by molar-refractivity contribution is 7.90. The van der Waals surface area contributed by atoms with E-state index in [2.05, 4.69) is 9.71 Å². The number of amidine groups is 1. The first-order valence-electron chi connectivity index (χ1n) is 7.39. The Kier molecular flexibility index (Phi) is 4.11. The molecule has 6 nitrogen and oxygen atoms in total. The maximum Gasteiger partial charge on any atom is 0.338 e. The first-order chi connectivity index (χ1) is 11.4. The van der Waals surface area contributed by atoms with Gasteiger partial charge < -0.3 is 10.1 Å². The van der Waals surface area contributed by atoms with Crippen LogP contribution in [-0.2, 0) is 14.8 Å². The molecule has 2 aromatic carbocycles. The smallest absolute Gasteiger partial charge is 0.338 e. The third kappa shape index (κ3) is 3.16. The molecule has 7 heteroatoms. The molecule has 0 radical (unpaired) electrons. The van der Waals surface area contributed by atoms with Crippen LogP contribution in [0.25, 0.3) is 0 Å². The van der Waals surface area contributed by atoms with Gasteiger partial charge in [-0.05, 0) is 50.2 Å². The molecule has 2 aromatic rings. The minimum Gasteiger partial charge on any atom is -0.459 e. The summed E-state index contributed by atoms with van der Waals surface area (Å²) in [6.45, 7) is 3.56. The first kappa shape index (κ1) is 16.2. The largest absolute Gasteiger partial charge is 0.459 e. The van der Waals surface area contributed by atoms with Gasteiger partial charge >= 0.3 is 5.97 Å². The second-order valence-electron chi connectivity index (χ2n) is 5.57. The molecule has 0 aromatic heterocycles. The zero-order valence-corrected chi connectivity index (χ0v) is 14.0. The van der Waals surface area contributed by atoms with Crippen LogP contribution in [0.3, 0.4) is 0 Å². The maximum atomic E-state index is 12.0. The number of carbonyl (C=O) groups excluding carboxylic acids is 1. The van der Waals surface area contributed by atoms with Crippen molar-refractivity contribution in [1.82, 2.24) is 0 Å². The molecular weight excluding hydrogens is 328 g/mol. The number of benzene rings is 2. The van der Waals surface area contributed by atoms with E-state index in [-0.39, 0.29) is 16.8 Å². The van der Waals surface area contributed by atoms with Gasteiger partial charge in [0.05, 0.1) is 11.7 Å². The van der Waals surface area contributed by atoms with Gasteiger partial charge in [0, 0.05) is 11.3 Å². The molecule has 0 spiro atoms. The molecule has 124 valence electrons. The quantitative estimate of drug-likeness (QED) is 0.866. The van der Waals surface area contributed by atoms with E-state index >= 15 is 0 Å². The molecule has 1 heterocycles. The summed E-state index contributed by atoms with van der Waals surface area (Å²) in [6.07, 6.45) is -0.190. The molecule has 0 amide bonds. The number of carbonyl (C=O) groups is 1. The van der Waals surface area contributed by atoms with Gasteiger partial charge in [-0.15, -0.1) is 4.40 Å². The van der Waals surface area contributed by atoms with E-state index in [0.29, 0.717) is 16.8 Å². The highest BCUT2D eigenvalue weighted by atomic mass is 32.2.